The smallest absolute Gasteiger partial charge is 0.411 e. The number of hydrogen-bond acceptors (Lipinski definition) is 3. The molecule has 1 heterocycles. The van der Waals surface area contributed by atoms with Crippen LogP contribution < -0.4 is 10.1 Å². The highest BCUT2D eigenvalue weighted by atomic mass is 19.4. The third-order valence-electron chi connectivity index (χ3n) is 2.81. The third-order valence-corrected chi connectivity index (χ3v) is 2.81. The number of aliphatic hydroxyl groups excluding tert-OH is 1. The maximum atomic E-state index is 12.6. The maximum absolute atomic E-state index is 12.6. The molecule has 1 aromatic carbocycles. The topological polar surface area (TPSA) is 41.5 Å². The number of alkyl halides is 3. The van der Waals surface area contributed by atoms with E-state index in [2.05, 4.69) is 5.32 Å². The van der Waals surface area contributed by atoms with Gasteiger partial charge in [0.25, 0.3) is 0 Å². The van der Waals surface area contributed by atoms with Gasteiger partial charge in [-0.1, -0.05) is 6.07 Å². The second-order valence-corrected chi connectivity index (χ2v) is 3.92. The minimum absolute atomic E-state index is 0.0729. The predicted molar refractivity (Wildman–Crippen MR) is 56.2 cm³/mol. The number of anilines is 1. The van der Waals surface area contributed by atoms with Gasteiger partial charge in [0.1, 0.15) is 11.8 Å². The summed E-state index contributed by atoms with van der Waals surface area (Å²) in [6.45, 7) is 0. The van der Waals surface area contributed by atoms with E-state index in [-0.39, 0.29) is 6.42 Å². The van der Waals surface area contributed by atoms with Crippen LogP contribution in [0.3, 0.4) is 0 Å². The third kappa shape index (κ3) is 2.17. The first-order valence-electron chi connectivity index (χ1n) is 5.10. The van der Waals surface area contributed by atoms with Crippen LogP contribution in [0.5, 0.6) is 5.75 Å². The highest BCUT2D eigenvalue weighted by Crippen LogP contribution is 2.37. The molecule has 1 aliphatic heterocycles. The van der Waals surface area contributed by atoms with Gasteiger partial charge in [-0.25, -0.2) is 0 Å². The lowest BCUT2D eigenvalue weighted by molar-refractivity contribution is -0.163. The Bertz CT molecular complexity index is 420. The van der Waals surface area contributed by atoms with E-state index >= 15 is 0 Å². The molecular formula is C11H12F3NO2. The van der Waals surface area contributed by atoms with E-state index in [4.69, 9.17) is 4.74 Å². The van der Waals surface area contributed by atoms with E-state index in [1.54, 1.807) is 18.2 Å². The number of fused-ring (bicyclic) bond motifs is 1. The molecule has 2 unspecified atom stereocenters. The van der Waals surface area contributed by atoms with Gasteiger partial charge >= 0.3 is 6.18 Å². The monoisotopic (exact) mass is 247 g/mol. The van der Waals surface area contributed by atoms with Crippen LogP contribution in [-0.2, 0) is 6.42 Å². The Hall–Kier alpha value is -1.43. The van der Waals surface area contributed by atoms with Crippen LogP contribution in [0.2, 0.25) is 0 Å². The fourth-order valence-electron chi connectivity index (χ4n) is 1.99. The quantitative estimate of drug-likeness (QED) is 0.797. The Morgan fingerprint density at radius 1 is 1.41 bits per heavy atom. The zero-order valence-corrected chi connectivity index (χ0v) is 9.08. The summed E-state index contributed by atoms with van der Waals surface area (Å²) in [5.41, 5.74) is 0.931. The number of nitrogens with one attached hydrogen (secondary N) is 1. The Balaban J connectivity index is 2.36. The Morgan fingerprint density at radius 2 is 2.12 bits per heavy atom. The van der Waals surface area contributed by atoms with Crippen molar-refractivity contribution in [2.45, 2.75) is 24.7 Å². The molecule has 0 radical (unpaired) electrons. The summed E-state index contributed by atoms with van der Waals surface area (Å²) in [6.07, 6.45) is -6.05. The molecular weight excluding hydrogens is 235 g/mol. The van der Waals surface area contributed by atoms with Crippen LogP contribution in [0.1, 0.15) is 5.56 Å². The van der Waals surface area contributed by atoms with Gasteiger partial charge in [-0.15, -0.1) is 0 Å². The van der Waals surface area contributed by atoms with E-state index in [9.17, 15) is 18.3 Å². The van der Waals surface area contributed by atoms with E-state index in [1.807, 2.05) is 0 Å². The van der Waals surface area contributed by atoms with Crippen LogP contribution in [0, 0.1) is 0 Å². The van der Waals surface area contributed by atoms with E-state index in [0.29, 0.717) is 17.0 Å². The molecule has 0 spiro atoms. The average molecular weight is 247 g/mol. The molecule has 0 saturated heterocycles. The lowest BCUT2D eigenvalue weighted by Crippen LogP contribution is -2.49. The predicted octanol–water partition coefficient (Wildman–Crippen LogP) is 1.95. The van der Waals surface area contributed by atoms with Crippen LogP contribution >= 0.6 is 0 Å². The first-order chi connectivity index (χ1) is 7.93. The van der Waals surface area contributed by atoms with Gasteiger partial charge in [0, 0.05) is 17.7 Å². The highest BCUT2D eigenvalue weighted by Gasteiger charge is 2.46. The molecule has 0 aliphatic carbocycles. The van der Waals surface area contributed by atoms with Crippen molar-refractivity contribution in [1.82, 2.24) is 0 Å². The van der Waals surface area contributed by atoms with Gasteiger partial charge in [-0.05, 0) is 12.1 Å². The van der Waals surface area contributed by atoms with E-state index in [1.165, 1.54) is 7.11 Å². The van der Waals surface area contributed by atoms with E-state index in [0.717, 1.165) is 0 Å². The number of hydrogen-bond donors (Lipinski definition) is 2. The Kier molecular flexibility index (Phi) is 2.91. The second kappa shape index (κ2) is 4.10. The van der Waals surface area contributed by atoms with Crippen molar-refractivity contribution in [1.29, 1.82) is 0 Å². The van der Waals surface area contributed by atoms with Gasteiger partial charge < -0.3 is 15.2 Å². The van der Waals surface area contributed by atoms with E-state index < -0.39 is 18.3 Å². The summed E-state index contributed by atoms with van der Waals surface area (Å²) in [4.78, 5) is 0. The van der Waals surface area contributed by atoms with Gasteiger partial charge in [0.05, 0.1) is 13.2 Å². The summed E-state index contributed by atoms with van der Waals surface area (Å²) in [5, 5.41) is 11.8. The number of rotatable bonds is 1. The zero-order chi connectivity index (χ0) is 12.6. The Labute approximate surface area is 96.2 Å². The van der Waals surface area contributed by atoms with Gasteiger partial charge in [-0.2, -0.15) is 13.2 Å². The maximum Gasteiger partial charge on any atom is 0.411 e. The SMILES string of the molecule is COc1cccc2c1CC(O)C(C(F)(F)F)N2. The molecule has 0 aromatic heterocycles. The molecule has 0 saturated carbocycles. The molecule has 2 atom stereocenters. The molecule has 0 fully saturated rings. The molecule has 6 heteroatoms. The average Bonchev–Trinajstić information content (AvgIpc) is 2.26. The first-order valence-corrected chi connectivity index (χ1v) is 5.10. The van der Waals surface area contributed by atoms with Gasteiger partial charge in [-0.3, -0.25) is 0 Å². The summed E-state index contributed by atoms with van der Waals surface area (Å²) >= 11 is 0. The van der Waals surface area contributed by atoms with Crippen molar-refractivity contribution in [3.05, 3.63) is 23.8 Å². The molecule has 0 amide bonds. The van der Waals surface area contributed by atoms with Crippen molar-refractivity contribution < 1.29 is 23.0 Å². The number of methoxy groups -OCH3 is 1. The van der Waals surface area contributed by atoms with Crippen molar-refractivity contribution >= 4 is 5.69 Å². The fraction of sp³-hybridized carbons (Fsp3) is 0.455. The second-order valence-electron chi connectivity index (χ2n) is 3.92. The molecule has 0 bridgehead atoms. The highest BCUT2D eigenvalue weighted by molar-refractivity contribution is 5.60. The number of aliphatic hydroxyl groups is 1. The summed E-state index contributed by atoms with van der Waals surface area (Å²) in [6, 6.07) is 2.88. The number of halogens is 3. The zero-order valence-electron chi connectivity index (χ0n) is 9.08. The summed E-state index contributed by atoms with van der Waals surface area (Å²) in [5.74, 6) is 0.481. The molecule has 94 valence electrons. The molecule has 2 N–H and O–H groups in total. The molecule has 1 aromatic rings. The molecule has 2 rings (SSSR count). The van der Waals surface area contributed by atoms with Crippen molar-refractivity contribution in [3.8, 4) is 5.75 Å². The molecule has 3 nitrogen and oxygen atoms in total. The fourth-order valence-corrected chi connectivity index (χ4v) is 1.99. The van der Waals surface area contributed by atoms with Crippen LogP contribution in [0.4, 0.5) is 18.9 Å². The Morgan fingerprint density at radius 3 is 2.71 bits per heavy atom. The van der Waals surface area contributed by atoms with Crippen molar-refractivity contribution in [2.75, 3.05) is 12.4 Å². The van der Waals surface area contributed by atoms with Gasteiger partial charge in [0.15, 0.2) is 0 Å². The molecule has 1 aliphatic rings. The summed E-state index contributed by atoms with van der Waals surface area (Å²) < 4.78 is 42.9. The van der Waals surface area contributed by atoms with Crippen LogP contribution in [-0.4, -0.2) is 30.5 Å². The standard InChI is InChI=1S/C11H12F3NO2/c1-17-9-4-2-3-7-6(9)5-8(16)10(15-7)11(12,13)14/h2-4,8,10,15-16H,5H2,1H3. The molecule has 17 heavy (non-hydrogen) atoms. The largest absolute Gasteiger partial charge is 0.496 e. The summed E-state index contributed by atoms with van der Waals surface area (Å²) in [7, 11) is 1.44. The minimum atomic E-state index is -4.47. The lowest BCUT2D eigenvalue weighted by Gasteiger charge is -2.33. The first kappa shape index (κ1) is 12.0. The number of benzene rings is 1. The number of ether oxygens (including phenoxy) is 1. The minimum Gasteiger partial charge on any atom is -0.496 e. The normalized spacial score (nSPS) is 23.8. The van der Waals surface area contributed by atoms with Crippen molar-refractivity contribution in [3.63, 3.8) is 0 Å². The van der Waals surface area contributed by atoms with Crippen LogP contribution in [0.25, 0.3) is 0 Å². The van der Waals surface area contributed by atoms with Gasteiger partial charge in [0.2, 0.25) is 0 Å². The van der Waals surface area contributed by atoms with Crippen LogP contribution in [0.15, 0.2) is 18.2 Å². The lowest BCUT2D eigenvalue weighted by atomic mass is 9.94. The van der Waals surface area contributed by atoms with Crippen molar-refractivity contribution in [2.24, 2.45) is 0 Å².